The average Bonchev–Trinajstić information content (AvgIpc) is 3.25. The lowest BCUT2D eigenvalue weighted by atomic mass is 10.1. The van der Waals surface area contributed by atoms with Gasteiger partial charge in [0, 0.05) is 19.8 Å². The Kier molecular flexibility index (Phi) is 8.78. The summed E-state index contributed by atoms with van der Waals surface area (Å²) in [5, 5.41) is 12.4. The molecule has 9 nitrogen and oxygen atoms in total. The Bertz CT molecular complexity index is 1250. The molecule has 0 saturated carbocycles. The summed E-state index contributed by atoms with van der Waals surface area (Å²) in [5.41, 5.74) is 1.69. The van der Waals surface area contributed by atoms with Crippen LogP contribution in [0.25, 0.3) is 0 Å². The second-order valence-corrected chi connectivity index (χ2v) is 12.1. The molecule has 11 heteroatoms. The molecule has 2 aromatic carbocycles. The fourth-order valence-corrected chi connectivity index (χ4v) is 5.69. The van der Waals surface area contributed by atoms with Crippen molar-refractivity contribution in [3.8, 4) is 0 Å². The number of piperidine rings is 1. The highest BCUT2D eigenvalue weighted by atomic mass is 32.2. The molecule has 1 aliphatic heterocycles. The van der Waals surface area contributed by atoms with E-state index in [9.17, 15) is 13.2 Å². The van der Waals surface area contributed by atoms with E-state index in [4.69, 9.17) is 0 Å². The van der Waals surface area contributed by atoms with Crippen LogP contribution in [-0.2, 0) is 27.9 Å². The first-order valence-corrected chi connectivity index (χ1v) is 14.4. The summed E-state index contributed by atoms with van der Waals surface area (Å²) in [7, 11) is -0.547. The first kappa shape index (κ1) is 26.3. The fraction of sp³-hybridized carbons (Fsp3) is 0.400. The summed E-state index contributed by atoms with van der Waals surface area (Å²) in [5.74, 6) is 0.866. The molecule has 0 spiro atoms. The van der Waals surface area contributed by atoms with Crippen LogP contribution < -0.4 is 5.32 Å². The van der Waals surface area contributed by atoms with Crippen molar-refractivity contribution in [2.75, 3.05) is 38.3 Å². The zero-order chi connectivity index (χ0) is 25.5. The van der Waals surface area contributed by atoms with Crippen LogP contribution in [0, 0.1) is 0 Å². The van der Waals surface area contributed by atoms with Gasteiger partial charge in [-0.3, -0.25) is 9.69 Å². The van der Waals surface area contributed by atoms with E-state index in [0.717, 1.165) is 35.3 Å². The summed E-state index contributed by atoms with van der Waals surface area (Å²) >= 11 is 1.34. The van der Waals surface area contributed by atoms with E-state index in [1.807, 2.05) is 18.2 Å². The number of anilines is 1. The number of hydrogen-bond donors (Lipinski definition) is 1. The molecule has 1 aromatic heterocycles. The molecule has 4 rings (SSSR count). The number of likely N-dealkylation sites (tertiary alicyclic amines) is 1. The predicted octanol–water partition coefficient (Wildman–Crippen LogP) is 3.29. The Morgan fingerprint density at radius 3 is 2.33 bits per heavy atom. The highest BCUT2D eigenvalue weighted by molar-refractivity contribution is 7.99. The van der Waals surface area contributed by atoms with Gasteiger partial charge in [-0.1, -0.05) is 48.5 Å². The highest BCUT2D eigenvalue weighted by Crippen LogP contribution is 2.22. The van der Waals surface area contributed by atoms with Crippen LogP contribution in [0.5, 0.6) is 0 Å². The van der Waals surface area contributed by atoms with Crippen LogP contribution >= 0.6 is 11.8 Å². The molecule has 0 radical (unpaired) electrons. The molecule has 0 unspecified atom stereocenters. The van der Waals surface area contributed by atoms with Gasteiger partial charge in [0.25, 0.3) is 0 Å². The minimum absolute atomic E-state index is 0.161. The van der Waals surface area contributed by atoms with Crippen LogP contribution in [0.15, 0.2) is 64.6 Å². The third-order valence-electron chi connectivity index (χ3n) is 6.04. The van der Waals surface area contributed by atoms with Crippen molar-refractivity contribution in [1.82, 2.24) is 24.0 Å². The van der Waals surface area contributed by atoms with E-state index in [1.165, 1.54) is 57.3 Å². The molecule has 0 bridgehead atoms. The molecular weight excluding hydrogens is 496 g/mol. The predicted molar refractivity (Wildman–Crippen MR) is 141 cm³/mol. The standard InChI is InChI=1S/C25H32N6O3S2/c1-29(2)36(33,34)22-13-11-21(12-14-22)26-24(32)19-35-25-28-27-23(18-30-15-7-4-8-16-30)31(25)17-20-9-5-3-6-10-20/h3,5-6,9-14H,4,7-8,15-19H2,1-2H3,(H,26,32). The Labute approximate surface area is 216 Å². The maximum Gasteiger partial charge on any atom is 0.242 e. The number of carbonyl (C=O) groups excluding carboxylic acids is 1. The summed E-state index contributed by atoms with van der Waals surface area (Å²) in [6.45, 7) is 3.52. The minimum atomic E-state index is -3.51. The molecule has 0 aliphatic carbocycles. The van der Waals surface area contributed by atoms with E-state index in [-0.39, 0.29) is 16.6 Å². The maximum atomic E-state index is 12.6. The van der Waals surface area contributed by atoms with Gasteiger partial charge in [0.15, 0.2) is 5.16 Å². The first-order valence-electron chi connectivity index (χ1n) is 12.0. The largest absolute Gasteiger partial charge is 0.325 e. The van der Waals surface area contributed by atoms with Gasteiger partial charge in [0.2, 0.25) is 15.9 Å². The topological polar surface area (TPSA) is 100 Å². The fourth-order valence-electron chi connectivity index (χ4n) is 4.03. The smallest absolute Gasteiger partial charge is 0.242 e. The Hall–Kier alpha value is -2.73. The molecular formula is C25H32N6O3S2. The van der Waals surface area contributed by atoms with Gasteiger partial charge in [-0.15, -0.1) is 10.2 Å². The van der Waals surface area contributed by atoms with E-state index >= 15 is 0 Å². The molecule has 1 fully saturated rings. The average molecular weight is 529 g/mol. The Balaban J connectivity index is 1.42. The van der Waals surface area contributed by atoms with E-state index in [0.29, 0.717) is 17.4 Å². The third-order valence-corrected chi connectivity index (χ3v) is 8.84. The van der Waals surface area contributed by atoms with Crippen LogP contribution in [0.2, 0.25) is 0 Å². The molecule has 36 heavy (non-hydrogen) atoms. The van der Waals surface area contributed by atoms with Gasteiger partial charge < -0.3 is 9.88 Å². The van der Waals surface area contributed by atoms with Gasteiger partial charge in [-0.2, -0.15) is 0 Å². The number of amides is 1. The van der Waals surface area contributed by atoms with E-state index in [1.54, 1.807) is 12.1 Å². The molecule has 0 atom stereocenters. The second-order valence-electron chi connectivity index (χ2n) is 8.96. The van der Waals surface area contributed by atoms with Crippen LogP contribution in [0.3, 0.4) is 0 Å². The summed E-state index contributed by atoms with van der Waals surface area (Å²) in [4.78, 5) is 15.2. The molecule has 1 N–H and O–H groups in total. The second kappa shape index (κ2) is 12.0. The van der Waals surface area contributed by atoms with Crippen LogP contribution in [0.1, 0.15) is 30.7 Å². The third kappa shape index (κ3) is 6.73. The molecule has 1 aliphatic rings. The monoisotopic (exact) mass is 528 g/mol. The van der Waals surface area contributed by atoms with Crippen molar-refractivity contribution in [3.63, 3.8) is 0 Å². The van der Waals surface area contributed by atoms with Gasteiger partial charge in [-0.05, 0) is 55.8 Å². The number of thioether (sulfide) groups is 1. The Morgan fingerprint density at radius 2 is 1.67 bits per heavy atom. The number of rotatable bonds is 10. The SMILES string of the molecule is CN(C)S(=O)(=O)c1ccc(NC(=O)CSc2nnc(CN3CCCCC3)n2Cc2ccccc2)cc1. The number of hydrogen-bond acceptors (Lipinski definition) is 7. The van der Waals surface area contributed by atoms with Crippen LogP contribution in [0.4, 0.5) is 5.69 Å². The molecule has 2 heterocycles. The molecule has 1 saturated heterocycles. The number of nitrogens with one attached hydrogen (secondary N) is 1. The Morgan fingerprint density at radius 1 is 0.972 bits per heavy atom. The van der Waals surface area contributed by atoms with Crippen molar-refractivity contribution in [2.24, 2.45) is 0 Å². The molecule has 3 aromatic rings. The number of carbonyl (C=O) groups is 1. The minimum Gasteiger partial charge on any atom is -0.325 e. The van der Waals surface area contributed by atoms with Crippen molar-refractivity contribution in [3.05, 3.63) is 66.0 Å². The van der Waals surface area contributed by atoms with E-state index < -0.39 is 10.0 Å². The number of sulfonamides is 1. The normalized spacial score (nSPS) is 14.8. The van der Waals surface area contributed by atoms with Crippen LogP contribution in [-0.4, -0.2) is 71.2 Å². The maximum absolute atomic E-state index is 12.6. The highest BCUT2D eigenvalue weighted by Gasteiger charge is 2.19. The van der Waals surface area contributed by atoms with Crippen molar-refractivity contribution in [2.45, 2.75) is 42.4 Å². The van der Waals surface area contributed by atoms with Gasteiger partial charge in [0.1, 0.15) is 5.82 Å². The van der Waals surface area contributed by atoms with Gasteiger partial charge in [0.05, 0.1) is 23.7 Å². The van der Waals surface area contributed by atoms with Crippen molar-refractivity contribution in [1.29, 1.82) is 0 Å². The lowest BCUT2D eigenvalue weighted by Crippen LogP contribution is -2.30. The number of nitrogens with zero attached hydrogens (tertiary/aromatic N) is 5. The molecule has 192 valence electrons. The van der Waals surface area contributed by atoms with Gasteiger partial charge in [-0.25, -0.2) is 12.7 Å². The van der Waals surface area contributed by atoms with Crippen molar-refractivity contribution >= 4 is 33.4 Å². The summed E-state index contributed by atoms with van der Waals surface area (Å²) in [6.07, 6.45) is 3.69. The quantitative estimate of drug-likeness (QED) is 0.403. The van der Waals surface area contributed by atoms with Crippen molar-refractivity contribution < 1.29 is 13.2 Å². The zero-order valence-corrected chi connectivity index (χ0v) is 22.3. The van der Waals surface area contributed by atoms with Gasteiger partial charge >= 0.3 is 0 Å². The lowest BCUT2D eigenvalue weighted by molar-refractivity contribution is -0.113. The summed E-state index contributed by atoms with van der Waals surface area (Å²) in [6, 6.07) is 16.3. The zero-order valence-electron chi connectivity index (χ0n) is 20.6. The number of benzene rings is 2. The summed E-state index contributed by atoms with van der Waals surface area (Å²) < 4.78 is 27.7. The molecule has 1 amide bonds. The number of aromatic nitrogens is 3. The lowest BCUT2D eigenvalue weighted by Gasteiger charge is -2.26. The van der Waals surface area contributed by atoms with E-state index in [2.05, 4.69) is 37.1 Å². The first-order chi connectivity index (χ1) is 17.3.